The van der Waals surface area contributed by atoms with Crippen LogP contribution in [0.1, 0.15) is 11.3 Å². The Morgan fingerprint density at radius 1 is 1.10 bits per heavy atom. The maximum Gasteiger partial charge on any atom is 0.187 e. The van der Waals surface area contributed by atoms with Gasteiger partial charge in [0.25, 0.3) is 0 Å². The fourth-order valence-electron chi connectivity index (χ4n) is 3.55. The molecule has 0 atom stereocenters. The van der Waals surface area contributed by atoms with Crippen molar-refractivity contribution in [1.82, 2.24) is 9.97 Å². The lowest BCUT2D eigenvalue weighted by atomic mass is 9.99. The number of anilines is 1. The molecule has 3 aromatic heterocycles. The minimum atomic E-state index is 0.453. The van der Waals surface area contributed by atoms with Crippen molar-refractivity contribution in [1.29, 1.82) is 0 Å². The molecular formula is C24H15ClN4S. The van der Waals surface area contributed by atoms with Crippen LogP contribution in [0, 0.1) is 13.5 Å². The lowest BCUT2D eigenvalue weighted by Gasteiger charge is -2.18. The summed E-state index contributed by atoms with van der Waals surface area (Å²) in [7, 11) is 0. The zero-order valence-electron chi connectivity index (χ0n) is 16.0. The van der Waals surface area contributed by atoms with Crippen molar-refractivity contribution in [2.45, 2.75) is 6.92 Å². The SMILES string of the molecule is [C-]#[N+]c1ccc2sc(-c3nc4c(cc3-c3cc(C)nc(Cl)c3)C=CC(=C)N4)cc2c1. The number of halogens is 1. The normalized spacial score (nSPS) is 12.5. The largest absolute Gasteiger partial charge is 0.340 e. The average Bonchev–Trinajstić information content (AvgIpc) is 3.15. The number of benzene rings is 1. The lowest BCUT2D eigenvalue weighted by Crippen LogP contribution is -2.06. The summed E-state index contributed by atoms with van der Waals surface area (Å²) in [5.41, 5.74) is 6.08. The minimum Gasteiger partial charge on any atom is -0.340 e. The minimum absolute atomic E-state index is 0.453. The number of aromatic nitrogens is 2. The van der Waals surface area contributed by atoms with E-state index in [1.165, 1.54) is 0 Å². The predicted molar refractivity (Wildman–Crippen MR) is 126 cm³/mol. The number of nitrogens with zero attached hydrogens (tertiary/aromatic N) is 3. The third-order valence-electron chi connectivity index (χ3n) is 4.89. The summed E-state index contributed by atoms with van der Waals surface area (Å²) in [5, 5.41) is 4.75. The van der Waals surface area contributed by atoms with Crippen LogP contribution in [0.25, 0.3) is 42.7 Å². The molecule has 1 aliphatic rings. The summed E-state index contributed by atoms with van der Waals surface area (Å²) >= 11 is 7.92. The predicted octanol–water partition coefficient (Wildman–Crippen LogP) is 7.49. The first-order valence-corrected chi connectivity index (χ1v) is 10.4. The highest BCUT2D eigenvalue weighted by Gasteiger charge is 2.18. The molecule has 1 aromatic carbocycles. The molecule has 0 unspecified atom stereocenters. The summed E-state index contributed by atoms with van der Waals surface area (Å²) in [6.45, 7) is 13.2. The van der Waals surface area contributed by atoms with Crippen LogP contribution in [0.4, 0.5) is 11.5 Å². The molecule has 0 fully saturated rings. The van der Waals surface area contributed by atoms with Crippen molar-refractivity contribution in [2.75, 3.05) is 5.32 Å². The topological polar surface area (TPSA) is 42.2 Å². The summed E-state index contributed by atoms with van der Waals surface area (Å²) in [6, 6.07) is 13.8. The van der Waals surface area contributed by atoms with E-state index in [0.29, 0.717) is 10.8 Å². The number of hydrogen-bond donors (Lipinski definition) is 1. The maximum absolute atomic E-state index is 7.27. The van der Waals surface area contributed by atoms with E-state index >= 15 is 0 Å². The maximum atomic E-state index is 7.27. The van der Waals surface area contributed by atoms with E-state index in [2.05, 4.69) is 33.9 Å². The highest BCUT2D eigenvalue weighted by molar-refractivity contribution is 7.22. The molecule has 0 aliphatic carbocycles. The van der Waals surface area contributed by atoms with Crippen molar-refractivity contribution in [2.24, 2.45) is 0 Å². The second-order valence-electron chi connectivity index (χ2n) is 7.07. The highest BCUT2D eigenvalue weighted by atomic mass is 35.5. The van der Waals surface area contributed by atoms with E-state index < -0.39 is 0 Å². The molecule has 0 amide bonds. The van der Waals surface area contributed by atoms with Gasteiger partial charge in [-0.3, -0.25) is 0 Å². The fraction of sp³-hybridized carbons (Fsp3) is 0.0417. The number of fused-ring (bicyclic) bond motifs is 2. The molecule has 0 spiro atoms. The van der Waals surface area contributed by atoms with E-state index in [0.717, 1.165) is 54.6 Å². The number of rotatable bonds is 2. The number of nitrogens with one attached hydrogen (secondary N) is 1. The van der Waals surface area contributed by atoms with Gasteiger partial charge in [0.1, 0.15) is 11.0 Å². The molecule has 6 heteroatoms. The summed E-state index contributed by atoms with van der Waals surface area (Å²) < 4.78 is 1.11. The third-order valence-corrected chi connectivity index (χ3v) is 6.21. The molecule has 0 radical (unpaired) electrons. The first-order valence-electron chi connectivity index (χ1n) is 9.25. The van der Waals surface area contributed by atoms with Crippen LogP contribution in [0.3, 0.4) is 0 Å². The van der Waals surface area contributed by atoms with Gasteiger partial charge >= 0.3 is 0 Å². The smallest absolute Gasteiger partial charge is 0.187 e. The van der Waals surface area contributed by atoms with Crippen LogP contribution in [-0.2, 0) is 0 Å². The highest BCUT2D eigenvalue weighted by Crippen LogP contribution is 2.41. The van der Waals surface area contributed by atoms with Crippen LogP contribution < -0.4 is 5.32 Å². The van der Waals surface area contributed by atoms with E-state index in [4.69, 9.17) is 23.2 Å². The molecule has 4 aromatic rings. The molecule has 4 heterocycles. The van der Waals surface area contributed by atoms with Gasteiger partial charge in [-0.05, 0) is 60.4 Å². The summed E-state index contributed by atoms with van der Waals surface area (Å²) in [6.07, 6.45) is 3.95. The molecule has 0 saturated heterocycles. The summed E-state index contributed by atoms with van der Waals surface area (Å²) in [5.74, 6) is 0.775. The second kappa shape index (κ2) is 7.10. The fourth-order valence-corrected chi connectivity index (χ4v) is 4.85. The van der Waals surface area contributed by atoms with Crippen molar-refractivity contribution in [3.05, 3.63) is 88.6 Å². The quantitative estimate of drug-likeness (QED) is 0.266. The molecule has 0 saturated carbocycles. The Balaban J connectivity index is 1.78. The van der Waals surface area contributed by atoms with Crippen LogP contribution in [0.5, 0.6) is 0 Å². The van der Waals surface area contributed by atoms with Gasteiger partial charge in [0.05, 0.1) is 17.1 Å². The van der Waals surface area contributed by atoms with Gasteiger partial charge in [0.2, 0.25) is 0 Å². The van der Waals surface area contributed by atoms with Gasteiger partial charge in [0, 0.05) is 27.2 Å². The number of hydrogen-bond acceptors (Lipinski definition) is 4. The number of pyridine rings is 2. The first-order chi connectivity index (χ1) is 14.5. The Bertz CT molecular complexity index is 1410. The Kier molecular flexibility index (Phi) is 4.39. The number of thiophene rings is 1. The Hall–Kier alpha value is -3.46. The number of aryl methyl sites for hydroxylation is 1. The third kappa shape index (κ3) is 3.26. The van der Waals surface area contributed by atoms with Crippen molar-refractivity contribution >= 4 is 50.6 Å². The van der Waals surface area contributed by atoms with Crippen LogP contribution in [0.2, 0.25) is 5.15 Å². The molecule has 1 aliphatic heterocycles. The van der Waals surface area contributed by atoms with Gasteiger partial charge in [0.15, 0.2) is 5.69 Å². The van der Waals surface area contributed by atoms with Crippen molar-refractivity contribution < 1.29 is 0 Å². The van der Waals surface area contributed by atoms with Crippen molar-refractivity contribution in [3.8, 4) is 21.7 Å². The number of allylic oxidation sites excluding steroid dienone is 1. The molecule has 5 rings (SSSR count). The van der Waals surface area contributed by atoms with Gasteiger partial charge in [-0.1, -0.05) is 30.3 Å². The van der Waals surface area contributed by atoms with E-state index in [1.807, 2.05) is 49.4 Å². The Morgan fingerprint density at radius 3 is 2.77 bits per heavy atom. The average molecular weight is 427 g/mol. The standard InChI is InChI=1S/C24H15ClN4S/c1-13-4-5-15-10-19(16-8-14(2)27-22(25)12-16)23(29-24(15)28-13)21-11-17-9-18(26-3)6-7-20(17)30-21/h4-12H,1H2,2H3,(H,28,29). The zero-order chi connectivity index (χ0) is 20.8. The lowest BCUT2D eigenvalue weighted by molar-refractivity contribution is 1.20. The van der Waals surface area contributed by atoms with Gasteiger partial charge in [-0.2, -0.15) is 0 Å². The van der Waals surface area contributed by atoms with Gasteiger partial charge in [-0.15, -0.1) is 11.3 Å². The van der Waals surface area contributed by atoms with Crippen LogP contribution in [0.15, 0.2) is 60.8 Å². The molecular weight excluding hydrogens is 412 g/mol. The Morgan fingerprint density at radius 2 is 1.97 bits per heavy atom. The van der Waals surface area contributed by atoms with E-state index in [9.17, 15) is 0 Å². The molecule has 144 valence electrons. The monoisotopic (exact) mass is 426 g/mol. The molecule has 4 nitrogen and oxygen atoms in total. The zero-order valence-corrected chi connectivity index (χ0v) is 17.6. The van der Waals surface area contributed by atoms with Crippen LogP contribution >= 0.6 is 22.9 Å². The van der Waals surface area contributed by atoms with Crippen molar-refractivity contribution in [3.63, 3.8) is 0 Å². The molecule has 30 heavy (non-hydrogen) atoms. The van der Waals surface area contributed by atoms with Gasteiger partial charge in [-0.25, -0.2) is 14.8 Å². The first kappa shape index (κ1) is 18.6. The molecule has 1 N–H and O–H groups in total. The van der Waals surface area contributed by atoms with Crippen LogP contribution in [-0.4, -0.2) is 9.97 Å². The van der Waals surface area contributed by atoms with E-state index in [-0.39, 0.29) is 0 Å². The Labute approximate surface area is 183 Å². The van der Waals surface area contributed by atoms with Gasteiger partial charge < -0.3 is 5.32 Å². The summed E-state index contributed by atoms with van der Waals surface area (Å²) in [4.78, 5) is 13.8. The molecule has 0 bridgehead atoms. The van der Waals surface area contributed by atoms with E-state index in [1.54, 1.807) is 11.3 Å². The second-order valence-corrected chi connectivity index (χ2v) is 8.54.